The summed E-state index contributed by atoms with van der Waals surface area (Å²) in [5, 5.41) is 9.68. The Morgan fingerprint density at radius 1 is 1.35 bits per heavy atom. The SMILES string of the molecule is CC1CN2CCCC2CN1c1ccc([C@H](C)O)cc1Br. The van der Waals surface area contributed by atoms with Gasteiger partial charge < -0.3 is 10.0 Å². The molecule has 3 atom stereocenters. The summed E-state index contributed by atoms with van der Waals surface area (Å²) in [5.74, 6) is 0. The van der Waals surface area contributed by atoms with Crippen LogP contribution in [0, 0.1) is 0 Å². The highest BCUT2D eigenvalue weighted by Gasteiger charge is 2.34. The zero-order valence-electron chi connectivity index (χ0n) is 12.2. The van der Waals surface area contributed by atoms with Crippen molar-refractivity contribution in [2.45, 2.75) is 44.9 Å². The van der Waals surface area contributed by atoms with Crippen LogP contribution in [0.1, 0.15) is 38.4 Å². The highest BCUT2D eigenvalue weighted by Crippen LogP contribution is 2.34. The molecule has 2 unspecified atom stereocenters. The Labute approximate surface area is 129 Å². The van der Waals surface area contributed by atoms with Crippen LogP contribution in [0.3, 0.4) is 0 Å². The molecule has 4 heteroatoms. The maximum Gasteiger partial charge on any atom is 0.0762 e. The Kier molecular flexibility index (Phi) is 4.07. The number of halogens is 1. The van der Waals surface area contributed by atoms with E-state index in [9.17, 15) is 5.11 Å². The fourth-order valence-electron chi connectivity index (χ4n) is 3.54. The molecule has 0 aromatic heterocycles. The Balaban J connectivity index is 1.84. The molecule has 2 aliphatic heterocycles. The summed E-state index contributed by atoms with van der Waals surface area (Å²) in [6.45, 7) is 7.67. The van der Waals surface area contributed by atoms with E-state index in [1.807, 2.05) is 12.1 Å². The van der Waals surface area contributed by atoms with Gasteiger partial charge in [-0.15, -0.1) is 0 Å². The predicted molar refractivity (Wildman–Crippen MR) is 86.2 cm³/mol. The molecule has 2 aliphatic rings. The van der Waals surface area contributed by atoms with E-state index in [1.165, 1.54) is 25.1 Å². The first-order valence-corrected chi connectivity index (χ1v) is 8.34. The summed E-state index contributed by atoms with van der Waals surface area (Å²) < 4.78 is 1.09. The van der Waals surface area contributed by atoms with E-state index in [1.54, 1.807) is 6.92 Å². The molecule has 2 heterocycles. The zero-order valence-corrected chi connectivity index (χ0v) is 13.8. The number of benzene rings is 1. The average molecular weight is 339 g/mol. The van der Waals surface area contributed by atoms with Crippen LogP contribution in [0.2, 0.25) is 0 Å². The van der Waals surface area contributed by atoms with E-state index in [0.29, 0.717) is 6.04 Å². The Bertz CT molecular complexity index is 491. The molecule has 3 rings (SSSR count). The zero-order chi connectivity index (χ0) is 14.3. The molecule has 0 amide bonds. The maximum absolute atomic E-state index is 9.68. The first kappa shape index (κ1) is 14.4. The maximum atomic E-state index is 9.68. The summed E-state index contributed by atoms with van der Waals surface area (Å²) >= 11 is 3.68. The standard InChI is InChI=1S/C16H23BrN2O/c1-11-9-18-7-3-4-14(18)10-19(11)16-6-5-13(12(2)20)8-15(16)17/h5-6,8,11-12,14,20H,3-4,7,9-10H2,1-2H3/t11?,12-,14?/m0/s1. The molecule has 1 N–H and O–H groups in total. The first-order valence-electron chi connectivity index (χ1n) is 7.54. The number of aliphatic hydroxyl groups is 1. The lowest BCUT2D eigenvalue weighted by molar-refractivity contribution is 0.198. The highest BCUT2D eigenvalue weighted by atomic mass is 79.9. The van der Waals surface area contributed by atoms with Crippen molar-refractivity contribution in [3.63, 3.8) is 0 Å². The van der Waals surface area contributed by atoms with Crippen LogP contribution in [-0.4, -0.2) is 41.7 Å². The summed E-state index contributed by atoms with van der Waals surface area (Å²) in [7, 11) is 0. The topological polar surface area (TPSA) is 26.7 Å². The van der Waals surface area contributed by atoms with Crippen LogP contribution in [0.25, 0.3) is 0 Å². The average Bonchev–Trinajstić information content (AvgIpc) is 2.84. The second kappa shape index (κ2) is 5.66. The second-order valence-corrected chi connectivity index (χ2v) is 7.03. The van der Waals surface area contributed by atoms with Crippen molar-refractivity contribution in [3.05, 3.63) is 28.2 Å². The number of anilines is 1. The lowest BCUT2D eigenvalue weighted by atomic mass is 10.1. The monoisotopic (exact) mass is 338 g/mol. The minimum Gasteiger partial charge on any atom is -0.389 e. The van der Waals surface area contributed by atoms with Gasteiger partial charge in [-0.3, -0.25) is 4.90 Å². The summed E-state index contributed by atoms with van der Waals surface area (Å²) in [5.41, 5.74) is 2.22. The predicted octanol–water partition coefficient (Wildman–Crippen LogP) is 3.18. The fraction of sp³-hybridized carbons (Fsp3) is 0.625. The molecule has 0 saturated carbocycles. The van der Waals surface area contributed by atoms with E-state index >= 15 is 0 Å². The molecule has 2 fully saturated rings. The van der Waals surface area contributed by atoms with Gasteiger partial charge in [0.05, 0.1) is 11.8 Å². The minimum atomic E-state index is -0.413. The molecule has 1 aromatic rings. The van der Waals surface area contributed by atoms with E-state index in [2.05, 4.69) is 38.7 Å². The molecule has 2 saturated heterocycles. The van der Waals surface area contributed by atoms with Crippen molar-refractivity contribution in [2.24, 2.45) is 0 Å². The number of aliphatic hydroxyl groups excluding tert-OH is 1. The van der Waals surface area contributed by atoms with Crippen molar-refractivity contribution < 1.29 is 5.11 Å². The second-order valence-electron chi connectivity index (χ2n) is 6.18. The molecule has 0 radical (unpaired) electrons. The smallest absolute Gasteiger partial charge is 0.0762 e. The van der Waals surface area contributed by atoms with Crippen molar-refractivity contribution >= 4 is 21.6 Å². The third-order valence-electron chi connectivity index (χ3n) is 4.70. The number of rotatable bonds is 2. The number of hydrogen-bond donors (Lipinski definition) is 1. The lowest BCUT2D eigenvalue weighted by Gasteiger charge is -2.44. The molecule has 1 aromatic carbocycles. The van der Waals surface area contributed by atoms with Crippen molar-refractivity contribution in [3.8, 4) is 0 Å². The van der Waals surface area contributed by atoms with Gasteiger partial charge in [-0.05, 0) is 66.9 Å². The van der Waals surface area contributed by atoms with Gasteiger partial charge in [0.15, 0.2) is 0 Å². The van der Waals surface area contributed by atoms with Gasteiger partial charge >= 0.3 is 0 Å². The fourth-order valence-corrected chi connectivity index (χ4v) is 4.16. The van der Waals surface area contributed by atoms with Gasteiger partial charge in [0.2, 0.25) is 0 Å². The first-order chi connectivity index (χ1) is 9.56. The van der Waals surface area contributed by atoms with Gasteiger partial charge in [0, 0.05) is 29.6 Å². The minimum absolute atomic E-state index is 0.413. The van der Waals surface area contributed by atoms with Gasteiger partial charge in [-0.2, -0.15) is 0 Å². The summed E-state index contributed by atoms with van der Waals surface area (Å²) in [6, 6.07) is 7.49. The number of hydrogen-bond acceptors (Lipinski definition) is 3. The molecule has 3 nitrogen and oxygen atoms in total. The normalized spacial score (nSPS) is 28.5. The van der Waals surface area contributed by atoms with E-state index in [0.717, 1.165) is 29.2 Å². The molecule has 20 heavy (non-hydrogen) atoms. The Morgan fingerprint density at radius 2 is 2.15 bits per heavy atom. The van der Waals surface area contributed by atoms with E-state index in [-0.39, 0.29) is 0 Å². The Hall–Kier alpha value is -0.580. The molecule has 0 spiro atoms. The molecule has 0 aliphatic carbocycles. The van der Waals surface area contributed by atoms with Gasteiger partial charge in [-0.1, -0.05) is 6.07 Å². The van der Waals surface area contributed by atoms with E-state index in [4.69, 9.17) is 0 Å². The molecular formula is C16H23BrN2O. The van der Waals surface area contributed by atoms with Gasteiger partial charge in [0.1, 0.15) is 0 Å². The number of piperazine rings is 1. The third-order valence-corrected chi connectivity index (χ3v) is 5.34. The third kappa shape index (κ3) is 2.61. The van der Waals surface area contributed by atoms with Gasteiger partial charge in [-0.25, -0.2) is 0 Å². The molecule has 110 valence electrons. The number of fused-ring (bicyclic) bond motifs is 1. The van der Waals surface area contributed by atoms with Gasteiger partial charge in [0.25, 0.3) is 0 Å². The summed E-state index contributed by atoms with van der Waals surface area (Å²) in [4.78, 5) is 5.15. The highest BCUT2D eigenvalue weighted by molar-refractivity contribution is 9.10. The van der Waals surface area contributed by atoms with Crippen LogP contribution in [0.4, 0.5) is 5.69 Å². The molecular weight excluding hydrogens is 316 g/mol. The molecule has 0 bridgehead atoms. The largest absolute Gasteiger partial charge is 0.389 e. The Morgan fingerprint density at radius 3 is 2.85 bits per heavy atom. The van der Waals surface area contributed by atoms with Crippen LogP contribution in [0.5, 0.6) is 0 Å². The van der Waals surface area contributed by atoms with E-state index < -0.39 is 6.10 Å². The number of nitrogens with zero attached hydrogens (tertiary/aromatic N) is 2. The van der Waals surface area contributed by atoms with Crippen molar-refractivity contribution in [2.75, 3.05) is 24.5 Å². The van der Waals surface area contributed by atoms with Crippen molar-refractivity contribution in [1.82, 2.24) is 4.90 Å². The lowest BCUT2D eigenvalue weighted by Crippen LogP contribution is -2.55. The van der Waals surface area contributed by atoms with Crippen LogP contribution in [0.15, 0.2) is 22.7 Å². The quantitative estimate of drug-likeness (QED) is 0.897. The summed E-state index contributed by atoms with van der Waals surface area (Å²) in [6.07, 6.45) is 2.25. The van der Waals surface area contributed by atoms with Crippen LogP contribution < -0.4 is 4.90 Å². The van der Waals surface area contributed by atoms with Crippen molar-refractivity contribution in [1.29, 1.82) is 0 Å². The van der Waals surface area contributed by atoms with Crippen LogP contribution >= 0.6 is 15.9 Å². The van der Waals surface area contributed by atoms with Crippen LogP contribution in [-0.2, 0) is 0 Å².